The van der Waals surface area contributed by atoms with Crippen molar-refractivity contribution < 1.29 is 28.6 Å². The van der Waals surface area contributed by atoms with E-state index in [-0.39, 0.29) is 24.3 Å². The number of rotatable bonds is 7. The summed E-state index contributed by atoms with van der Waals surface area (Å²) in [6.45, 7) is 8.93. The number of fused-ring (bicyclic) bond motifs is 1. The number of allylic oxidation sites excluding steroid dienone is 1. The molecule has 0 unspecified atom stereocenters. The topological polar surface area (TPSA) is 101 Å². The number of aliphatic imine (C=N–C) groups is 1. The molecule has 0 aromatic heterocycles. The quantitative estimate of drug-likeness (QED) is 0.484. The van der Waals surface area contributed by atoms with Gasteiger partial charge in [0.25, 0.3) is 0 Å². The average molecular weight is 543 g/mol. The summed E-state index contributed by atoms with van der Waals surface area (Å²) in [7, 11) is 3.15. The van der Waals surface area contributed by atoms with E-state index in [1.54, 1.807) is 63.8 Å². The Balaban J connectivity index is 1.70. The largest absolute Gasteiger partial charge is 0.497 e. The van der Waals surface area contributed by atoms with Crippen molar-refractivity contribution in [3.63, 3.8) is 0 Å². The molecule has 1 aromatic carbocycles. The Bertz CT molecular complexity index is 1220. The fourth-order valence-corrected chi connectivity index (χ4v) is 5.76. The molecule has 1 aromatic rings. The van der Waals surface area contributed by atoms with Gasteiger partial charge in [0, 0.05) is 44.4 Å². The van der Waals surface area contributed by atoms with Crippen molar-refractivity contribution >= 4 is 34.7 Å². The number of methoxy groups -OCH3 is 2. The van der Waals surface area contributed by atoms with E-state index in [1.807, 2.05) is 16.4 Å². The molecule has 11 heteroatoms. The maximum absolute atomic E-state index is 13.4. The second-order valence-corrected chi connectivity index (χ2v) is 10.4. The molecule has 3 aliphatic rings. The number of hydrogen-bond acceptors (Lipinski definition) is 9. The third-order valence-corrected chi connectivity index (χ3v) is 7.59. The minimum atomic E-state index is -0.637. The van der Waals surface area contributed by atoms with Crippen molar-refractivity contribution in [2.45, 2.75) is 46.3 Å². The van der Waals surface area contributed by atoms with Crippen LogP contribution in [0.4, 0.5) is 0 Å². The van der Waals surface area contributed by atoms with Crippen LogP contribution < -0.4 is 9.47 Å². The van der Waals surface area contributed by atoms with E-state index in [0.29, 0.717) is 59.7 Å². The molecule has 1 atom stereocenters. The molecule has 0 aliphatic carbocycles. The Labute approximate surface area is 227 Å². The van der Waals surface area contributed by atoms with Crippen LogP contribution in [-0.4, -0.2) is 84.2 Å². The maximum atomic E-state index is 13.4. The smallest absolute Gasteiger partial charge is 0.338 e. The fourth-order valence-electron chi connectivity index (χ4n) is 4.79. The Morgan fingerprint density at radius 3 is 2.37 bits per heavy atom. The van der Waals surface area contributed by atoms with E-state index in [0.717, 1.165) is 5.70 Å². The summed E-state index contributed by atoms with van der Waals surface area (Å²) in [6, 6.07) is 4.79. The number of nitrogens with zero attached hydrogens (tertiary/aromatic N) is 4. The Hall–Kier alpha value is -3.47. The van der Waals surface area contributed by atoms with Crippen molar-refractivity contribution in [1.82, 2.24) is 14.7 Å². The molecular formula is C27H34N4O6S. The van der Waals surface area contributed by atoms with Gasteiger partial charge in [-0.05, 0) is 44.4 Å². The molecule has 0 spiro atoms. The lowest BCUT2D eigenvalue weighted by molar-refractivity contribution is -0.143. The molecule has 1 fully saturated rings. The minimum Gasteiger partial charge on any atom is -0.497 e. The second-order valence-electron chi connectivity index (χ2n) is 9.52. The van der Waals surface area contributed by atoms with Gasteiger partial charge in [-0.1, -0.05) is 11.8 Å². The maximum Gasteiger partial charge on any atom is 0.338 e. The number of hydrogen-bond donors (Lipinski definition) is 0. The number of thioether (sulfide) groups is 1. The highest BCUT2D eigenvalue weighted by molar-refractivity contribution is 8.16. The molecule has 10 nitrogen and oxygen atoms in total. The fraction of sp³-hybridized carbons (Fsp3) is 0.481. The average Bonchev–Trinajstić information content (AvgIpc) is 3.28. The van der Waals surface area contributed by atoms with Gasteiger partial charge in [-0.15, -0.1) is 0 Å². The predicted molar refractivity (Wildman–Crippen MR) is 145 cm³/mol. The van der Waals surface area contributed by atoms with Crippen molar-refractivity contribution in [1.29, 1.82) is 0 Å². The van der Waals surface area contributed by atoms with Crippen LogP contribution in [0.5, 0.6) is 11.5 Å². The van der Waals surface area contributed by atoms with Crippen molar-refractivity contribution in [2.75, 3.05) is 40.4 Å². The lowest BCUT2D eigenvalue weighted by Crippen LogP contribution is -2.50. The Morgan fingerprint density at radius 2 is 1.76 bits per heavy atom. The number of carbonyl (C=O) groups excluding carboxylic acids is 3. The van der Waals surface area contributed by atoms with Gasteiger partial charge in [-0.3, -0.25) is 9.59 Å². The van der Waals surface area contributed by atoms with Crippen LogP contribution in [0.3, 0.4) is 0 Å². The van der Waals surface area contributed by atoms with E-state index < -0.39 is 12.0 Å². The van der Waals surface area contributed by atoms with Crippen LogP contribution in [0, 0.1) is 0 Å². The molecule has 0 bridgehead atoms. The van der Waals surface area contributed by atoms with Crippen LogP contribution in [-0.2, 0) is 19.1 Å². The third kappa shape index (κ3) is 5.52. The number of esters is 1. The summed E-state index contributed by atoms with van der Waals surface area (Å²) in [4.78, 5) is 48.6. The second kappa shape index (κ2) is 11.5. The number of piperazine rings is 1. The summed E-state index contributed by atoms with van der Waals surface area (Å²) in [5, 5.41) is 2.58. The zero-order valence-electron chi connectivity index (χ0n) is 22.6. The van der Waals surface area contributed by atoms with Gasteiger partial charge < -0.3 is 28.9 Å². The number of benzene rings is 1. The highest BCUT2D eigenvalue weighted by Crippen LogP contribution is 2.47. The van der Waals surface area contributed by atoms with E-state index in [9.17, 15) is 14.4 Å². The highest BCUT2D eigenvalue weighted by atomic mass is 32.2. The molecule has 0 radical (unpaired) electrons. The molecular weight excluding hydrogens is 508 g/mol. The van der Waals surface area contributed by atoms with Crippen LogP contribution in [0.1, 0.15) is 45.7 Å². The van der Waals surface area contributed by atoms with Crippen LogP contribution >= 0.6 is 11.8 Å². The first-order valence-electron chi connectivity index (χ1n) is 12.5. The van der Waals surface area contributed by atoms with Crippen molar-refractivity contribution in [2.24, 2.45) is 4.99 Å². The van der Waals surface area contributed by atoms with Crippen molar-refractivity contribution in [3.8, 4) is 11.5 Å². The molecule has 38 heavy (non-hydrogen) atoms. The Morgan fingerprint density at radius 1 is 1.08 bits per heavy atom. The number of ether oxygens (including phenoxy) is 3. The van der Waals surface area contributed by atoms with Gasteiger partial charge >= 0.3 is 5.97 Å². The van der Waals surface area contributed by atoms with Gasteiger partial charge in [0.2, 0.25) is 11.8 Å². The monoisotopic (exact) mass is 542 g/mol. The molecule has 3 heterocycles. The molecule has 0 N–H and O–H groups in total. The molecule has 0 saturated carbocycles. The first kappa shape index (κ1) is 27.6. The van der Waals surface area contributed by atoms with Gasteiger partial charge in [-0.2, -0.15) is 0 Å². The van der Waals surface area contributed by atoms with Gasteiger partial charge in [0.05, 0.1) is 44.1 Å². The number of amidine groups is 1. The van der Waals surface area contributed by atoms with Crippen LogP contribution in [0.2, 0.25) is 0 Å². The molecule has 204 valence electrons. The summed E-state index contributed by atoms with van der Waals surface area (Å²) in [5.74, 6) is 0.672. The summed E-state index contributed by atoms with van der Waals surface area (Å²) >= 11 is 1.41. The number of carbonyl (C=O) groups is 3. The number of amides is 2. The van der Waals surface area contributed by atoms with Crippen molar-refractivity contribution in [3.05, 3.63) is 46.1 Å². The lowest BCUT2D eigenvalue weighted by Gasteiger charge is -2.38. The first-order chi connectivity index (χ1) is 18.1. The third-order valence-electron chi connectivity index (χ3n) is 6.70. The standard InChI is InChI=1S/C27H34N4O6S/c1-16(2)37-26(34)24-17(3)28-27-31(25(24)21-14-20(35-5)7-8-22(21)36-6)19(15-38-27)13-23(33)30-11-9-29(10-12-30)18(4)32/h7-8,14-16,25H,9-13H2,1-6H3/t25-/m1/s1. The summed E-state index contributed by atoms with van der Waals surface area (Å²) < 4.78 is 16.8. The van der Waals surface area contributed by atoms with E-state index in [2.05, 4.69) is 0 Å². The minimum absolute atomic E-state index is 0.0132. The SMILES string of the molecule is COc1ccc(OC)c([C@@H]2C(C(=O)OC(C)C)=C(C)N=C3SC=C(CC(=O)N4CCN(C(C)=O)CC4)N32)c1. The summed E-state index contributed by atoms with van der Waals surface area (Å²) in [5.41, 5.74) is 2.35. The molecule has 3 aliphatic heterocycles. The normalized spacial score (nSPS) is 19.2. The zero-order chi connectivity index (χ0) is 27.6. The summed E-state index contributed by atoms with van der Waals surface area (Å²) in [6.07, 6.45) is -0.195. The van der Waals surface area contributed by atoms with Gasteiger partial charge in [0.15, 0.2) is 5.17 Å². The zero-order valence-corrected chi connectivity index (χ0v) is 23.5. The molecule has 1 saturated heterocycles. The van der Waals surface area contributed by atoms with E-state index in [1.165, 1.54) is 11.8 Å². The Kier molecular flexibility index (Phi) is 8.35. The van der Waals surface area contributed by atoms with Gasteiger partial charge in [-0.25, -0.2) is 9.79 Å². The van der Waals surface area contributed by atoms with Crippen LogP contribution in [0.25, 0.3) is 0 Å². The van der Waals surface area contributed by atoms with E-state index >= 15 is 0 Å². The molecule has 4 rings (SSSR count). The first-order valence-corrected chi connectivity index (χ1v) is 13.4. The van der Waals surface area contributed by atoms with E-state index in [4.69, 9.17) is 19.2 Å². The van der Waals surface area contributed by atoms with Gasteiger partial charge in [0.1, 0.15) is 11.5 Å². The van der Waals surface area contributed by atoms with Crippen LogP contribution in [0.15, 0.2) is 45.6 Å². The molecule has 2 amide bonds. The highest BCUT2D eigenvalue weighted by Gasteiger charge is 2.43. The predicted octanol–water partition coefficient (Wildman–Crippen LogP) is 3.31. The lowest BCUT2D eigenvalue weighted by atomic mass is 9.92.